The molecule has 2 aromatic rings. The Morgan fingerprint density at radius 2 is 1.89 bits per heavy atom. The fourth-order valence-electron chi connectivity index (χ4n) is 1.29. The van der Waals surface area contributed by atoms with Crippen molar-refractivity contribution < 1.29 is 8.42 Å². The largest absolute Gasteiger partial charge is 0.268 e. The Kier molecular flexibility index (Phi) is 3.79. The molecule has 0 unspecified atom stereocenters. The number of nitrogens with zero attached hydrogens (tertiary/aromatic N) is 1. The fraction of sp³-hybridized carbons (Fsp3) is 0. The lowest BCUT2D eigenvalue weighted by Gasteiger charge is -2.08. The molecule has 0 spiro atoms. The Morgan fingerprint density at radius 1 is 1.16 bits per heavy atom. The quantitative estimate of drug-likeness (QED) is 0.903. The Labute approximate surface area is 118 Å². The molecule has 1 aromatic carbocycles. The molecule has 0 bridgehead atoms. The molecule has 0 radical (unpaired) electrons. The number of anilines is 1. The van der Waals surface area contributed by atoms with Crippen molar-refractivity contribution in [3.8, 4) is 0 Å². The Bertz CT molecular complexity index is 753. The second-order valence-corrected chi connectivity index (χ2v) is 5.90. The summed E-state index contributed by atoms with van der Waals surface area (Å²) in [4.78, 5) is 10.7. The molecule has 0 aliphatic carbocycles. The number of halogens is 2. The summed E-state index contributed by atoms with van der Waals surface area (Å²) in [6.45, 7) is 0. The van der Waals surface area contributed by atoms with E-state index in [9.17, 15) is 13.2 Å². The van der Waals surface area contributed by atoms with Gasteiger partial charge in [-0.25, -0.2) is 13.5 Å². The monoisotopic (exact) mass is 319 g/mol. The van der Waals surface area contributed by atoms with Crippen LogP contribution in [-0.2, 0) is 10.0 Å². The highest BCUT2D eigenvalue weighted by Crippen LogP contribution is 2.29. The zero-order chi connectivity index (χ0) is 14.0. The molecule has 0 atom stereocenters. The second kappa shape index (κ2) is 5.20. The highest BCUT2D eigenvalue weighted by atomic mass is 35.5. The van der Waals surface area contributed by atoms with Gasteiger partial charge < -0.3 is 0 Å². The van der Waals surface area contributed by atoms with E-state index in [-0.39, 0.29) is 20.8 Å². The van der Waals surface area contributed by atoms with Crippen molar-refractivity contribution in [1.29, 1.82) is 0 Å². The number of hydrogen-bond donors (Lipinski definition) is 2. The molecule has 19 heavy (non-hydrogen) atoms. The zero-order valence-corrected chi connectivity index (χ0v) is 11.6. The third-order valence-electron chi connectivity index (χ3n) is 2.12. The van der Waals surface area contributed by atoms with Gasteiger partial charge in [0.25, 0.3) is 15.6 Å². The molecule has 1 aromatic heterocycles. The van der Waals surface area contributed by atoms with Crippen molar-refractivity contribution in [1.82, 2.24) is 10.2 Å². The molecule has 0 amide bonds. The maximum Gasteiger partial charge on any atom is 0.264 e. The first-order valence-electron chi connectivity index (χ1n) is 4.93. The molecule has 1 heterocycles. The first-order chi connectivity index (χ1) is 8.90. The molecule has 100 valence electrons. The number of aromatic amines is 1. The maximum atomic E-state index is 12.1. The second-order valence-electron chi connectivity index (χ2n) is 3.46. The van der Waals surface area contributed by atoms with Crippen LogP contribution in [0.5, 0.6) is 0 Å². The minimum atomic E-state index is -3.93. The van der Waals surface area contributed by atoms with Crippen molar-refractivity contribution in [2.75, 3.05) is 4.72 Å². The highest BCUT2D eigenvalue weighted by Gasteiger charge is 2.20. The molecule has 6 nitrogen and oxygen atoms in total. The van der Waals surface area contributed by atoms with E-state index in [0.717, 1.165) is 6.07 Å². The van der Waals surface area contributed by atoms with Gasteiger partial charge in [-0.1, -0.05) is 29.3 Å². The van der Waals surface area contributed by atoms with Crippen molar-refractivity contribution in [3.05, 3.63) is 50.7 Å². The molecule has 2 rings (SSSR count). The predicted octanol–water partition coefficient (Wildman–Crippen LogP) is 1.88. The third kappa shape index (κ3) is 3.06. The summed E-state index contributed by atoms with van der Waals surface area (Å²) in [5, 5.41) is 5.69. The van der Waals surface area contributed by atoms with E-state index < -0.39 is 15.6 Å². The van der Waals surface area contributed by atoms with Crippen molar-refractivity contribution >= 4 is 39.0 Å². The van der Waals surface area contributed by atoms with E-state index in [2.05, 4.69) is 14.9 Å². The van der Waals surface area contributed by atoms with Crippen molar-refractivity contribution in [2.45, 2.75) is 4.90 Å². The lowest BCUT2D eigenvalue weighted by atomic mass is 10.4. The van der Waals surface area contributed by atoms with E-state index >= 15 is 0 Å². The van der Waals surface area contributed by atoms with Crippen LogP contribution in [0.4, 0.5) is 5.82 Å². The lowest BCUT2D eigenvalue weighted by Crippen LogP contribution is -2.16. The minimum Gasteiger partial charge on any atom is -0.268 e. The van der Waals surface area contributed by atoms with Gasteiger partial charge in [0.2, 0.25) is 0 Å². The Balaban J connectivity index is 2.40. The minimum absolute atomic E-state index is 0.0318. The first kappa shape index (κ1) is 13.9. The van der Waals surface area contributed by atoms with Crippen LogP contribution < -0.4 is 10.3 Å². The molecule has 0 fully saturated rings. The normalized spacial score (nSPS) is 11.3. The van der Waals surface area contributed by atoms with Crippen molar-refractivity contribution in [2.24, 2.45) is 0 Å². The number of sulfonamides is 1. The van der Waals surface area contributed by atoms with Crippen LogP contribution in [0.2, 0.25) is 10.0 Å². The Morgan fingerprint density at radius 3 is 2.53 bits per heavy atom. The molecule has 0 saturated heterocycles. The average Bonchev–Trinajstić information content (AvgIpc) is 2.35. The van der Waals surface area contributed by atoms with Gasteiger partial charge in [-0.2, -0.15) is 5.10 Å². The SMILES string of the molecule is O=c1ccc(NS(=O)(=O)c2cccc(Cl)c2Cl)n[nH]1. The van der Waals surface area contributed by atoms with Gasteiger partial charge in [-0.05, 0) is 18.2 Å². The van der Waals surface area contributed by atoms with Crippen LogP contribution in [0.15, 0.2) is 40.0 Å². The molecule has 0 saturated carbocycles. The smallest absolute Gasteiger partial charge is 0.264 e. The Hall–Kier alpha value is -1.57. The van der Waals surface area contributed by atoms with Crippen LogP contribution in [0.25, 0.3) is 0 Å². The van der Waals surface area contributed by atoms with Gasteiger partial charge in [-0.3, -0.25) is 9.52 Å². The van der Waals surface area contributed by atoms with E-state index in [4.69, 9.17) is 23.2 Å². The zero-order valence-electron chi connectivity index (χ0n) is 9.22. The van der Waals surface area contributed by atoms with Crippen LogP contribution >= 0.6 is 23.2 Å². The number of rotatable bonds is 3. The average molecular weight is 320 g/mol. The van der Waals surface area contributed by atoms with Crippen LogP contribution in [0.3, 0.4) is 0 Å². The summed E-state index contributed by atoms with van der Waals surface area (Å²) >= 11 is 11.6. The number of benzene rings is 1. The van der Waals surface area contributed by atoms with Gasteiger partial charge in [0.05, 0.1) is 10.0 Å². The van der Waals surface area contributed by atoms with Gasteiger partial charge in [-0.15, -0.1) is 0 Å². The molecule has 0 aliphatic rings. The summed E-state index contributed by atoms with van der Waals surface area (Å²) in [7, 11) is -3.93. The van der Waals surface area contributed by atoms with Gasteiger partial charge in [0, 0.05) is 6.07 Å². The topological polar surface area (TPSA) is 91.9 Å². The van der Waals surface area contributed by atoms with Crippen LogP contribution in [0.1, 0.15) is 0 Å². The lowest BCUT2D eigenvalue weighted by molar-refractivity contribution is 0.601. The maximum absolute atomic E-state index is 12.1. The van der Waals surface area contributed by atoms with Gasteiger partial charge >= 0.3 is 0 Å². The number of aromatic nitrogens is 2. The van der Waals surface area contributed by atoms with E-state index in [1.54, 1.807) is 0 Å². The standard InChI is InChI=1S/C10H7Cl2N3O3S/c11-6-2-1-3-7(10(6)12)19(17,18)15-8-4-5-9(16)14-13-8/h1-5H,(H,13,15)(H,14,16). The van der Waals surface area contributed by atoms with Gasteiger partial charge in [0.1, 0.15) is 4.90 Å². The summed E-state index contributed by atoms with van der Waals surface area (Å²) in [5.74, 6) is -0.0318. The summed E-state index contributed by atoms with van der Waals surface area (Å²) in [6.07, 6.45) is 0. The number of nitrogens with one attached hydrogen (secondary N) is 2. The summed E-state index contributed by atoms with van der Waals surface area (Å²) in [5.41, 5.74) is -0.441. The van der Waals surface area contributed by atoms with Crippen molar-refractivity contribution in [3.63, 3.8) is 0 Å². The number of hydrogen-bond acceptors (Lipinski definition) is 4. The van der Waals surface area contributed by atoms with Crippen LogP contribution in [-0.4, -0.2) is 18.6 Å². The molecular weight excluding hydrogens is 313 g/mol. The fourth-order valence-corrected chi connectivity index (χ4v) is 3.05. The van der Waals surface area contributed by atoms with E-state index in [1.807, 2.05) is 0 Å². The summed E-state index contributed by atoms with van der Waals surface area (Å²) in [6, 6.07) is 6.62. The van der Waals surface area contributed by atoms with Gasteiger partial charge in [0.15, 0.2) is 5.82 Å². The van der Waals surface area contributed by atoms with Crippen LogP contribution in [0, 0.1) is 0 Å². The van der Waals surface area contributed by atoms with E-state index in [1.165, 1.54) is 24.3 Å². The first-order valence-corrected chi connectivity index (χ1v) is 7.16. The third-order valence-corrected chi connectivity index (χ3v) is 4.45. The predicted molar refractivity (Wildman–Crippen MR) is 72.1 cm³/mol. The number of H-pyrrole nitrogens is 1. The molecule has 0 aliphatic heterocycles. The molecule has 9 heteroatoms. The summed E-state index contributed by atoms with van der Waals surface area (Å²) < 4.78 is 26.3. The van der Waals surface area contributed by atoms with E-state index in [0.29, 0.717) is 0 Å². The molecule has 2 N–H and O–H groups in total. The molecular formula is C10H7Cl2N3O3S. The highest BCUT2D eigenvalue weighted by molar-refractivity contribution is 7.92.